The number of nitrogens with zero attached hydrogens (tertiary/aromatic N) is 3. The van der Waals surface area contributed by atoms with E-state index < -0.39 is 0 Å². The van der Waals surface area contributed by atoms with Gasteiger partial charge in [-0.05, 0) is 63.4 Å². The van der Waals surface area contributed by atoms with Crippen LogP contribution < -0.4 is 4.74 Å². The first-order valence-corrected chi connectivity index (χ1v) is 11.7. The summed E-state index contributed by atoms with van der Waals surface area (Å²) in [5.74, 6) is 0.867. The van der Waals surface area contributed by atoms with Crippen LogP contribution in [-0.4, -0.2) is 51.9 Å². The molecule has 0 aliphatic heterocycles. The van der Waals surface area contributed by atoms with Crippen molar-refractivity contribution in [3.05, 3.63) is 53.9 Å². The molecule has 6 heteroatoms. The zero-order valence-corrected chi connectivity index (χ0v) is 20.5. The zero-order valence-electron chi connectivity index (χ0n) is 20.5. The highest BCUT2D eigenvalue weighted by atomic mass is 16.5. The normalized spacial score (nSPS) is 12.0. The molecule has 2 rings (SSSR count). The van der Waals surface area contributed by atoms with Gasteiger partial charge >= 0.3 is 0 Å². The lowest BCUT2D eigenvalue weighted by atomic mass is 10.1. The van der Waals surface area contributed by atoms with Crippen LogP contribution in [0.5, 0.6) is 5.75 Å². The lowest BCUT2D eigenvalue weighted by Gasteiger charge is -2.33. The number of carbonyl (C=O) groups is 2. The van der Waals surface area contributed by atoms with Gasteiger partial charge in [-0.3, -0.25) is 9.59 Å². The molecule has 0 radical (unpaired) electrons. The molecule has 1 aromatic heterocycles. The van der Waals surface area contributed by atoms with Crippen molar-refractivity contribution in [2.24, 2.45) is 0 Å². The van der Waals surface area contributed by atoms with E-state index in [1.807, 2.05) is 56.1 Å². The number of hydrogen-bond acceptors (Lipinski definition) is 3. The second-order valence-corrected chi connectivity index (χ2v) is 8.62. The summed E-state index contributed by atoms with van der Waals surface area (Å²) in [6, 6.07) is 12.2. The number of rotatable bonds is 12. The van der Waals surface area contributed by atoms with Crippen molar-refractivity contribution in [3.8, 4) is 5.75 Å². The van der Waals surface area contributed by atoms with E-state index in [0.717, 1.165) is 29.8 Å². The second-order valence-electron chi connectivity index (χ2n) is 8.62. The summed E-state index contributed by atoms with van der Waals surface area (Å²) in [7, 11) is 1.67. The first-order chi connectivity index (χ1) is 15.3. The maximum atomic E-state index is 13.4. The molecule has 6 nitrogen and oxygen atoms in total. The Kier molecular flexibility index (Phi) is 9.82. The maximum Gasteiger partial charge on any atom is 0.242 e. The number of aromatic nitrogens is 1. The molecule has 0 N–H and O–H groups in total. The highest BCUT2D eigenvalue weighted by Crippen LogP contribution is 2.18. The lowest BCUT2D eigenvalue weighted by Crippen LogP contribution is -2.48. The third kappa shape index (κ3) is 6.87. The molecule has 1 aromatic carbocycles. The molecule has 0 bridgehead atoms. The van der Waals surface area contributed by atoms with E-state index in [9.17, 15) is 9.59 Å². The summed E-state index contributed by atoms with van der Waals surface area (Å²) in [6.45, 7) is 11.4. The SMILES string of the molecule is CCCC(=O)N(CC(=O)N(Cc1cccn1Cc1cccc(OC)c1)C(C)CC)C(C)C. The topological polar surface area (TPSA) is 54.8 Å². The molecule has 0 aliphatic carbocycles. The lowest BCUT2D eigenvalue weighted by molar-refractivity contribution is -0.143. The van der Waals surface area contributed by atoms with Crippen LogP contribution in [0.1, 0.15) is 65.1 Å². The summed E-state index contributed by atoms with van der Waals surface area (Å²) in [4.78, 5) is 29.5. The Bertz CT molecular complexity index is 875. The number of ether oxygens (including phenoxy) is 1. The number of carbonyl (C=O) groups excluding carboxylic acids is 2. The highest BCUT2D eigenvalue weighted by molar-refractivity contribution is 5.85. The van der Waals surface area contributed by atoms with Crippen LogP contribution in [0.15, 0.2) is 42.6 Å². The largest absolute Gasteiger partial charge is 0.497 e. The number of amides is 2. The summed E-state index contributed by atoms with van der Waals surface area (Å²) < 4.78 is 7.51. The van der Waals surface area contributed by atoms with Crippen molar-refractivity contribution < 1.29 is 14.3 Å². The van der Waals surface area contributed by atoms with E-state index >= 15 is 0 Å². The average molecular weight is 442 g/mol. The van der Waals surface area contributed by atoms with Gasteiger partial charge < -0.3 is 19.1 Å². The zero-order chi connectivity index (χ0) is 23.7. The van der Waals surface area contributed by atoms with Crippen LogP contribution in [0.25, 0.3) is 0 Å². The first-order valence-electron chi connectivity index (χ1n) is 11.7. The van der Waals surface area contributed by atoms with Crippen molar-refractivity contribution in [1.29, 1.82) is 0 Å². The third-order valence-corrected chi connectivity index (χ3v) is 5.90. The van der Waals surface area contributed by atoms with Crippen molar-refractivity contribution in [2.75, 3.05) is 13.7 Å². The summed E-state index contributed by atoms with van der Waals surface area (Å²) in [5.41, 5.74) is 2.21. The molecule has 1 atom stereocenters. The minimum atomic E-state index is -0.00775. The Hall–Kier alpha value is -2.76. The van der Waals surface area contributed by atoms with Crippen molar-refractivity contribution >= 4 is 11.8 Å². The molecule has 1 unspecified atom stereocenters. The standard InChI is InChI=1S/C26H39N3O3/c1-7-11-25(30)28(20(3)4)19-26(31)29(21(5)8-2)18-23-13-10-15-27(23)17-22-12-9-14-24(16-22)32-6/h9-10,12-16,20-21H,7-8,11,17-19H2,1-6H3. The fourth-order valence-electron chi connectivity index (χ4n) is 3.75. The van der Waals surface area contributed by atoms with Crippen LogP contribution in [0.3, 0.4) is 0 Å². The molecule has 0 saturated carbocycles. The van der Waals surface area contributed by atoms with Gasteiger partial charge in [0.25, 0.3) is 0 Å². The van der Waals surface area contributed by atoms with E-state index in [1.54, 1.807) is 12.0 Å². The fourth-order valence-corrected chi connectivity index (χ4v) is 3.75. The Labute approximate surface area is 193 Å². The average Bonchev–Trinajstić information content (AvgIpc) is 3.21. The van der Waals surface area contributed by atoms with Crippen LogP contribution in [0.2, 0.25) is 0 Å². The fraction of sp³-hybridized carbons (Fsp3) is 0.538. The second kappa shape index (κ2) is 12.3. The molecular weight excluding hydrogens is 402 g/mol. The summed E-state index contributed by atoms with van der Waals surface area (Å²) in [5, 5.41) is 0. The summed E-state index contributed by atoms with van der Waals surface area (Å²) >= 11 is 0. The van der Waals surface area contributed by atoms with Gasteiger partial charge in [0.15, 0.2) is 0 Å². The first kappa shape index (κ1) is 25.5. The van der Waals surface area contributed by atoms with E-state index in [-0.39, 0.29) is 30.4 Å². The van der Waals surface area contributed by atoms with Gasteiger partial charge in [0, 0.05) is 36.9 Å². The van der Waals surface area contributed by atoms with Crippen molar-refractivity contribution in [3.63, 3.8) is 0 Å². The van der Waals surface area contributed by atoms with Gasteiger partial charge in [-0.2, -0.15) is 0 Å². The van der Waals surface area contributed by atoms with E-state index in [1.165, 1.54) is 0 Å². The Balaban J connectivity index is 2.20. The molecule has 176 valence electrons. The predicted octanol–water partition coefficient (Wildman–Crippen LogP) is 4.71. The molecule has 32 heavy (non-hydrogen) atoms. The number of methoxy groups -OCH3 is 1. The van der Waals surface area contributed by atoms with Crippen LogP contribution in [0.4, 0.5) is 0 Å². The summed E-state index contributed by atoms with van der Waals surface area (Å²) in [6.07, 6.45) is 4.15. The molecule has 1 heterocycles. The quantitative estimate of drug-likeness (QED) is 0.479. The number of benzene rings is 1. The molecular formula is C26H39N3O3. The van der Waals surface area contributed by atoms with E-state index in [0.29, 0.717) is 19.5 Å². The van der Waals surface area contributed by atoms with Crippen LogP contribution in [-0.2, 0) is 22.7 Å². The molecule has 0 saturated heterocycles. The van der Waals surface area contributed by atoms with Crippen LogP contribution >= 0.6 is 0 Å². The molecule has 0 spiro atoms. The van der Waals surface area contributed by atoms with Gasteiger partial charge in [-0.15, -0.1) is 0 Å². The minimum Gasteiger partial charge on any atom is -0.497 e. The Morgan fingerprint density at radius 2 is 1.78 bits per heavy atom. The van der Waals surface area contributed by atoms with Gasteiger partial charge in [-0.25, -0.2) is 0 Å². The maximum absolute atomic E-state index is 13.4. The molecule has 2 aromatic rings. The number of hydrogen-bond donors (Lipinski definition) is 0. The molecule has 0 fully saturated rings. The van der Waals surface area contributed by atoms with Crippen LogP contribution in [0, 0.1) is 0 Å². The molecule has 0 aliphatic rings. The van der Waals surface area contributed by atoms with Gasteiger partial charge in [0.1, 0.15) is 5.75 Å². The van der Waals surface area contributed by atoms with Gasteiger partial charge in [0.05, 0.1) is 20.2 Å². The Morgan fingerprint density at radius 3 is 2.41 bits per heavy atom. The predicted molar refractivity (Wildman–Crippen MR) is 129 cm³/mol. The van der Waals surface area contributed by atoms with Gasteiger partial charge in [-0.1, -0.05) is 26.0 Å². The minimum absolute atomic E-state index is 0.00583. The van der Waals surface area contributed by atoms with Crippen molar-refractivity contribution in [2.45, 2.75) is 79.1 Å². The third-order valence-electron chi connectivity index (χ3n) is 5.90. The van der Waals surface area contributed by atoms with Gasteiger partial charge in [0.2, 0.25) is 11.8 Å². The smallest absolute Gasteiger partial charge is 0.242 e. The van der Waals surface area contributed by atoms with E-state index in [4.69, 9.17) is 4.74 Å². The highest BCUT2D eigenvalue weighted by Gasteiger charge is 2.26. The van der Waals surface area contributed by atoms with Crippen molar-refractivity contribution in [1.82, 2.24) is 14.4 Å². The molecule has 2 amide bonds. The monoisotopic (exact) mass is 441 g/mol. The Morgan fingerprint density at radius 1 is 1.03 bits per heavy atom. The van der Waals surface area contributed by atoms with E-state index in [2.05, 4.69) is 30.5 Å².